The number of amides is 1. The van der Waals surface area contributed by atoms with Gasteiger partial charge in [-0.1, -0.05) is 13.8 Å². The molecule has 7 heteroatoms. The smallest absolute Gasteiger partial charge is 0.223 e. The Labute approximate surface area is 171 Å². The van der Waals surface area contributed by atoms with E-state index in [-0.39, 0.29) is 11.3 Å². The van der Waals surface area contributed by atoms with Gasteiger partial charge in [0.2, 0.25) is 11.9 Å². The molecule has 1 amide bonds. The minimum Gasteiger partial charge on any atom is -0.467 e. The van der Waals surface area contributed by atoms with Crippen LogP contribution in [0, 0.1) is 12.8 Å². The van der Waals surface area contributed by atoms with Crippen molar-refractivity contribution in [3.63, 3.8) is 0 Å². The highest BCUT2D eigenvalue weighted by Crippen LogP contribution is 2.40. The summed E-state index contributed by atoms with van der Waals surface area (Å²) in [5, 5.41) is 3.27. The molecule has 1 fully saturated rings. The lowest BCUT2D eigenvalue weighted by Gasteiger charge is -2.35. The highest BCUT2D eigenvalue weighted by atomic mass is 16.5. The van der Waals surface area contributed by atoms with Crippen molar-refractivity contribution in [1.29, 1.82) is 0 Å². The topological polar surface area (TPSA) is 80.5 Å². The quantitative estimate of drug-likeness (QED) is 0.803. The molecule has 156 valence electrons. The van der Waals surface area contributed by atoms with Crippen LogP contribution in [0.15, 0.2) is 22.8 Å². The van der Waals surface area contributed by atoms with E-state index in [1.165, 1.54) is 0 Å². The Kier molecular flexibility index (Phi) is 5.58. The van der Waals surface area contributed by atoms with Gasteiger partial charge in [-0.3, -0.25) is 4.79 Å². The van der Waals surface area contributed by atoms with Gasteiger partial charge in [-0.15, -0.1) is 0 Å². The highest BCUT2D eigenvalue weighted by molar-refractivity contribution is 5.76. The molecule has 4 heterocycles. The molecule has 0 unspecified atom stereocenters. The zero-order chi connectivity index (χ0) is 20.4. The van der Waals surface area contributed by atoms with Gasteiger partial charge >= 0.3 is 0 Å². The Bertz CT molecular complexity index is 865. The third-order valence-electron chi connectivity index (χ3n) is 5.98. The minimum absolute atomic E-state index is 0.240. The van der Waals surface area contributed by atoms with Crippen LogP contribution in [0.2, 0.25) is 0 Å². The Hall–Kier alpha value is -2.41. The molecule has 0 radical (unpaired) electrons. The van der Waals surface area contributed by atoms with Crippen LogP contribution < -0.4 is 5.32 Å². The van der Waals surface area contributed by atoms with E-state index < -0.39 is 0 Å². The zero-order valence-electron chi connectivity index (χ0n) is 17.5. The number of likely N-dealkylation sites (tertiary alicyclic amines) is 1. The molecule has 1 saturated heterocycles. The lowest BCUT2D eigenvalue weighted by Crippen LogP contribution is -2.42. The minimum atomic E-state index is -0.240. The summed E-state index contributed by atoms with van der Waals surface area (Å²) < 4.78 is 11.3. The summed E-state index contributed by atoms with van der Waals surface area (Å²) in [4.78, 5) is 24.2. The molecule has 29 heavy (non-hydrogen) atoms. The first-order chi connectivity index (χ1) is 14.0. The van der Waals surface area contributed by atoms with Gasteiger partial charge in [0.15, 0.2) is 0 Å². The lowest BCUT2D eigenvalue weighted by molar-refractivity contribution is -0.130. The number of nitrogens with zero attached hydrogens (tertiary/aromatic N) is 3. The van der Waals surface area contributed by atoms with Gasteiger partial charge in [0.05, 0.1) is 37.1 Å². The average Bonchev–Trinajstić information content (AvgIpc) is 3.36. The number of rotatable bonds is 6. The number of carbonyl (C=O) groups is 1. The van der Waals surface area contributed by atoms with Gasteiger partial charge < -0.3 is 19.4 Å². The Morgan fingerprint density at radius 2 is 2.24 bits per heavy atom. The SMILES string of the molecule is Cc1nc(NCc2ccco2)nc2c1COC[C@@]21CCN(C(=O)CCC(C)C)C1. The largest absolute Gasteiger partial charge is 0.467 e. The van der Waals surface area contributed by atoms with Crippen LogP contribution in [0.5, 0.6) is 0 Å². The van der Waals surface area contributed by atoms with Gasteiger partial charge in [0, 0.05) is 30.8 Å². The molecule has 1 spiro atoms. The summed E-state index contributed by atoms with van der Waals surface area (Å²) >= 11 is 0. The zero-order valence-corrected chi connectivity index (χ0v) is 17.5. The van der Waals surface area contributed by atoms with Crippen LogP contribution in [0.25, 0.3) is 0 Å². The monoisotopic (exact) mass is 398 g/mol. The maximum Gasteiger partial charge on any atom is 0.223 e. The van der Waals surface area contributed by atoms with Crippen molar-refractivity contribution in [2.24, 2.45) is 5.92 Å². The number of nitrogens with one attached hydrogen (secondary N) is 1. The Morgan fingerprint density at radius 1 is 1.38 bits per heavy atom. The van der Waals surface area contributed by atoms with Crippen LogP contribution >= 0.6 is 0 Å². The molecule has 0 aliphatic carbocycles. The number of ether oxygens (including phenoxy) is 1. The van der Waals surface area contributed by atoms with Crippen molar-refractivity contribution in [3.05, 3.63) is 41.1 Å². The molecular weight excluding hydrogens is 368 g/mol. The van der Waals surface area contributed by atoms with Crippen molar-refractivity contribution in [2.75, 3.05) is 25.0 Å². The third kappa shape index (κ3) is 4.15. The summed E-state index contributed by atoms with van der Waals surface area (Å²) in [5.74, 6) is 2.21. The molecule has 2 aromatic heterocycles. The maximum absolute atomic E-state index is 12.7. The molecule has 2 aliphatic heterocycles. The Morgan fingerprint density at radius 3 is 3.00 bits per heavy atom. The van der Waals surface area contributed by atoms with Gasteiger partial charge in [-0.25, -0.2) is 9.97 Å². The number of hydrogen-bond acceptors (Lipinski definition) is 6. The van der Waals surface area contributed by atoms with Crippen molar-refractivity contribution in [2.45, 2.75) is 58.6 Å². The number of carbonyl (C=O) groups excluding carboxylic acids is 1. The van der Waals surface area contributed by atoms with Gasteiger partial charge in [-0.2, -0.15) is 0 Å². The second-order valence-corrected chi connectivity index (χ2v) is 8.66. The van der Waals surface area contributed by atoms with Crippen LogP contribution in [-0.4, -0.2) is 40.5 Å². The summed E-state index contributed by atoms with van der Waals surface area (Å²) in [7, 11) is 0. The van der Waals surface area contributed by atoms with Crippen LogP contribution in [0.4, 0.5) is 5.95 Å². The van der Waals surface area contributed by atoms with Crippen molar-refractivity contribution in [3.8, 4) is 0 Å². The van der Waals surface area contributed by atoms with Crippen molar-refractivity contribution < 1.29 is 13.9 Å². The second-order valence-electron chi connectivity index (χ2n) is 8.66. The number of hydrogen-bond donors (Lipinski definition) is 1. The number of anilines is 1. The van der Waals surface area contributed by atoms with Gasteiger partial charge in [0.25, 0.3) is 0 Å². The second kappa shape index (κ2) is 8.14. The molecule has 1 atom stereocenters. The van der Waals surface area contributed by atoms with Crippen LogP contribution in [-0.2, 0) is 28.1 Å². The molecule has 0 saturated carbocycles. The maximum atomic E-state index is 12.7. The van der Waals surface area contributed by atoms with E-state index in [0.717, 1.165) is 42.1 Å². The fraction of sp³-hybridized carbons (Fsp3) is 0.591. The standard InChI is InChI=1S/C22H30N4O3/c1-15(2)6-7-19(27)26-9-8-22(13-26)14-28-12-18-16(3)24-21(25-20(18)22)23-11-17-5-4-10-29-17/h4-5,10,15H,6-9,11-14H2,1-3H3,(H,23,24,25)/t22-/m0/s1. The van der Waals surface area contributed by atoms with E-state index in [0.29, 0.717) is 44.6 Å². The first kappa shape index (κ1) is 19.9. The van der Waals surface area contributed by atoms with Gasteiger partial charge in [-0.05, 0) is 37.8 Å². The fourth-order valence-electron chi connectivity index (χ4n) is 4.25. The van der Waals surface area contributed by atoms with E-state index in [9.17, 15) is 4.79 Å². The van der Waals surface area contributed by atoms with E-state index in [1.54, 1.807) is 6.26 Å². The Balaban J connectivity index is 1.54. The molecule has 0 aromatic carbocycles. The summed E-state index contributed by atoms with van der Waals surface area (Å²) in [6.07, 6.45) is 4.07. The number of aryl methyl sites for hydroxylation is 1. The molecule has 2 aromatic rings. The third-order valence-corrected chi connectivity index (χ3v) is 5.98. The number of aromatic nitrogens is 2. The number of fused-ring (bicyclic) bond motifs is 2. The summed E-state index contributed by atoms with van der Waals surface area (Å²) in [5.41, 5.74) is 2.80. The molecule has 4 rings (SSSR count). The first-order valence-corrected chi connectivity index (χ1v) is 10.5. The van der Waals surface area contributed by atoms with E-state index >= 15 is 0 Å². The normalized spacial score (nSPS) is 21.0. The molecular formula is C22H30N4O3. The molecule has 2 aliphatic rings. The van der Waals surface area contributed by atoms with Crippen molar-refractivity contribution in [1.82, 2.24) is 14.9 Å². The van der Waals surface area contributed by atoms with Crippen LogP contribution in [0.1, 0.15) is 55.8 Å². The van der Waals surface area contributed by atoms with Gasteiger partial charge in [0.1, 0.15) is 5.76 Å². The average molecular weight is 399 g/mol. The molecule has 1 N–H and O–H groups in total. The number of furan rings is 1. The molecule has 7 nitrogen and oxygen atoms in total. The summed E-state index contributed by atoms with van der Waals surface area (Å²) in [6.45, 7) is 9.41. The van der Waals surface area contributed by atoms with E-state index in [1.807, 2.05) is 24.0 Å². The van der Waals surface area contributed by atoms with Crippen LogP contribution in [0.3, 0.4) is 0 Å². The van der Waals surface area contributed by atoms with E-state index in [4.69, 9.17) is 14.1 Å². The molecule has 0 bridgehead atoms. The lowest BCUT2D eigenvalue weighted by atomic mass is 9.80. The van der Waals surface area contributed by atoms with E-state index in [2.05, 4.69) is 24.1 Å². The first-order valence-electron chi connectivity index (χ1n) is 10.5. The summed E-state index contributed by atoms with van der Waals surface area (Å²) in [6, 6.07) is 3.79. The predicted molar refractivity (Wildman–Crippen MR) is 109 cm³/mol. The van der Waals surface area contributed by atoms with Crippen molar-refractivity contribution >= 4 is 11.9 Å². The highest BCUT2D eigenvalue weighted by Gasteiger charge is 2.46. The predicted octanol–water partition coefficient (Wildman–Crippen LogP) is 3.43. The fourth-order valence-corrected chi connectivity index (χ4v) is 4.25.